The van der Waals surface area contributed by atoms with Crippen molar-refractivity contribution < 1.29 is 9.47 Å². The van der Waals surface area contributed by atoms with E-state index in [-0.39, 0.29) is 30.1 Å². The molecule has 1 unspecified atom stereocenters. The van der Waals surface area contributed by atoms with Gasteiger partial charge in [-0.25, -0.2) is 4.98 Å². The third kappa shape index (κ3) is 6.38. The van der Waals surface area contributed by atoms with Crippen LogP contribution in [0.4, 0.5) is 5.82 Å². The van der Waals surface area contributed by atoms with Crippen LogP contribution in [-0.2, 0) is 6.54 Å². The Morgan fingerprint density at radius 1 is 1.14 bits per heavy atom. The number of halogens is 1. The van der Waals surface area contributed by atoms with Crippen LogP contribution < -0.4 is 25.0 Å². The molecule has 0 fully saturated rings. The second kappa shape index (κ2) is 11.7. The Morgan fingerprint density at radius 3 is 2.55 bits per heavy atom. The zero-order valence-electron chi connectivity index (χ0n) is 17.2. The molecule has 8 heteroatoms. The predicted octanol–water partition coefficient (Wildman–Crippen LogP) is 3.05. The van der Waals surface area contributed by atoms with Crippen LogP contribution in [-0.4, -0.2) is 50.3 Å². The lowest BCUT2D eigenvalue weighted by molar-refractivity contribution is 0.0936. The summed E-state index contributed by atoms with van der Waals surface area (Å²) in [6, 6.07) is 11.9. The van der Waals surface area contributed by atoms with Crippen LogP contribution >= 0.6 is 24.0 Å². The molecule has 0 saturated carbocycles. The van der Waals surface area contributed by atoms with E-state index < -0.39 is 0 Å². The maximum Gasteiger partial charge on any atom is 0.191 e. The molecule has 1 aromatic carbocycles. The lowest BCUT2D eigenvalue weighted by Gasteiger charge is -2.27. The van der Waals surface area contributed by atoms with E-state index in [2.05, 4.69) is 51.5 Å². The van der Waals surface area contributed by atoms with Crippen molar-refractivity contribution >= 4 is 35.8 Å². The van der Waals surface area contributed by atoms with Gasteiger partial charge < -0.3 is 25.0 Å². The summed E-state index contributed by atoms with van der Waals surface area (Å²) in [5.74, 6) is 3.30. The van der Waals surface area contributed by atoms with Gasteiger partial charge in [-0.05, 0) is 37.6 Å². The first-order chi connectivity index (χ1) is 13.7. The highest BCUT2D eigenvalue weighted by Crippen LogP contribution is 2.30. The molecule has 0 aliphatic carbocycles. The van der Waals surface area contributed by atoms with Crippen molar-refractivity contribution in [3.63, 3.8) is 0 Å². The van der Waals surface area contributed by atoms with E-state index in [0.717, 1.165) is 41.9 Å². The molecule has 2 N–H and O–H groups in total. The van der Waals surface area contributed by atoms with Gasteiger partial charge in [-0.2, -0.15) is 0 Å². The highest BCUT2D eigenvalue weighted by molar-refractivity contribution is 14.0. The fraction of sp³-hybridized carbons (Fsp3) is 0.429. The van der Waals surface area contributed by atoms with Crippen molar-refractivity contribution in [1.29, 1.82) is 0 Å². The van der Waals surface area contributed by atoms with Gasteiger partial charge in [0.2, 0.25) is 0 Å². The number of benzene rings is 1. The zero-order chi connectivity index (χ0) is 19.8. The van der Waals surface area contributed by atoms with Crippen molar-refractivity contribution in [2.45, 2.75) is 26.5 Å². The lowest BCUT2D eigenvalue weighted by Crippen LogP contribution is -2.45. The number of aliphatic imine (C=N–C) groups is 1. The number of rotatable bonds is 7. The predicted molar refractivity (Wildman–Crippen MR) is 128 cm³/mol. The molecule has 3 rings (SSSR count). The van der Waals surface area contributed by atoms with Gasteiger partial charge in [0.05, 0.1) is 6.54 Å². The summed E-state index contributed by atoms with van der Waals surface area (Å²) >= 11 is 0. The van der Waals surface area contributed by atoms with Crippen molar-refractivity contribution in [3.8, 4) is 11.5 Å². The first-order valence-electron chi connectivity index (χ1n) is 9.76. The molecule has 1 aliphatic heterocycles. The number of hydrogen-bond acceptors (Lipinski definition) is 5. The molecule has 0 saturated heterocycles. The monoisotopic (exact) mass is 511 g/mol. The zero-order valence-corrected chi connectivity index (χ0v) is 19.6. The number of pyridine rings is 1. The molecular weight excluding hydrogens is 481 g/mol. The minimum atomic E-state index is -0.0662. The van der Waals surface area contributed by atoms with Gasteiger partial charge in [0, 0.05) is 32.9 Å². The molecule has 1 atom stereocenters. The number of para-hydroxylation sites is 2. The summed E-state index contributed by atoms with van der Waals surface area (Å²) < 4.78 is 11.7. The molecule has 158 valence electrons. The minimum absolute atomic E-state index is 0. The van der Waals surface area contributed by atoms with E-state index >= 15 is 0 Å². The number of ether oxygens (including phenoxy) is 2. The van der Waals surface area contributed by atoms with Crippen molar-refractivity contribution in [3.05, 3.63) is 48.2 Å². The second-order valence-corrected chi connectivity index (χ2v) is 6.50. The van der Waals surface area contributed by atoms with Gasteiger partial charge in [0.15, 0.2) is 17.5 Å². The Kier molecular flexibility index (Phi) is 9.30. The maximum atomic E-state index is 5.96. The normalized spacial score (nSPS) is 15.3. The Balaban J connectivity index is 0.00000300. The van der Waals surface area contributed by atoms with Gasteiger partial charge >= 0.3 is 0 Å². The van der Waals surface area contributed by atoms with Gasteiger partial charge in [-0.1, -0.05) is 18.2 Å². The molecule has 2 heterocycles. The number of hydrogen-bond donors (Lipinski definition) is 2. The largest absolute Gasteiger partial charge is 0.486 e. The fourth-order valence-corrected chi connectivity index (χ4v) is 3.04. The van der Waals surface area contributed by atoms with Crippen LogP contribution in [0.1, 0.15) is 19.4 Å². The summed E-state index contributed by atoms with van der Waals surface area (Å²) in [4.78, 5) is 11.1. The van der Waals surface area contributed by atoms with Crippen molar-refractivity contribution in [1.82, 2.24) is 15.6 Å². The van der Waals surface area contributed by atoms with E-state index in [0.29, 0.717) is 19.7 Å². The van der Waals surface area contributed by atoms with E-state index in [1.165, 1.54) is 0 Å². The van der Waals surface area contributed by atoms with Crippen LogP contribution in [0.3, 0.4) is 0 Å². The van der Waals surface area contributed by atoms with Gasteiger partial charge in [-0.3, -0.25) is 4.99 Å². The van der Waals surface area contributed by atoms with Crippen LogP contribution in [0.25, 0.3) is 0 Å². The van der Waals surface area contributed by atoms with E-state index in [1.54, 1.807) is 7.05 Å². The first kappa shape index (κ1) is 23.1. The molecule has 0 amide bonds. The molecule has 7 nitrogen and oxygen atoms in total. The first-order valence-corrected chi connectivity index (χ1v) is 9.76. The summed E-state index contributed by atoms with van der Waals surface area (Å²) in [5.41, 5.74) is 1.10. The molecule has 0 radical (unpaired) electrons. The van der Waals surface area contributed by atoms with Crippen LogP contribution in [0.15, 0.2) is 47.6 Å². The van der Waals surface area contributed by atoms with Gasteiger partial charge in [0.25, 0.3) is 0 Å². The Hall–Kier alpha value is -2.23. The summed E-state index contributed by atoms with van der Waals surface area (Å²) in [6.07, 6.45) is 1.84. The smallest absolute Gasteiger partial charge is 0.191 e. The number of guanidine groups is 1. The van der Waals surface area contributed by atoms with E-state index in [9.17, 15) is 0 Å². The number of aromatic nitrogens is 1. The number of nitrogens with zero attached hydrogens (tertiary/aromatic N) is 3. The lowest BCUT2D eigenvalue weighted by atomic mass is 10.2. The van der Waals surface area contributed by atoms with Crippen LogP contribution in [0, 0.1) is 0 Å². The fourth-order valence-electron chi connectivity index (χ4n) is 3.04. The van der Waals surface area contributed by atoms with Crippen LogP contribution in [0.5, 0.6) is 11.5 Å². The SMILES string of the molecule is CCN(CC)c1ccc(CNC(=NC)NCC2COc3ccccc3O2)cn1.I. The average molecular weight is 511 g/mol. The maximum absolute atomic E-state index is 5.96. The summed E-state index contributed by atoms with van der Waals surface area (Å²) in [7, 11) is 1.75. The van der Waals surface area contributed by atoms with Crippen LogP contribution in [0.2, 0.25) is 0 Å². The Morgan fingerprint density at radius 2 is 1.90 bits per heavy atom. The quantitative estimate of drug-likeness (QED) is 0.339. The second-order valence-electron chi connectivity index (χ2n) is 6.50. The highest BCUT2D eigenvalue weighted by Gasteiger charge is 2.20. The molecule has 0 bridgehead atoms. The van der Waals surface area contributed by atoms with E-state index in [4.69, 9.17) is 9.47 Å². The topological polar surface area (TPSA) is 71.0 Å². The summed E-state index contributed by atoms with van der Waals surface area (Å²) in [6.45, 7) is 7.94. The third-order valence-electron chi connectivity index (χ3n) is 4.64. The van der Waals surface area contributed by atoms with Crippen molar-refractivity contribution in [2.24, 2.45) is 4.99 Å². The van der Waals surface area contributed by atoms with E-state index in [1.807, 2.05) is 30.5 Å². The molecule has 2 aromatic rings. The Bertz CT molecular complexity index is 781. The Labute approximate surface area is 189 Å². The third-order valence-corrected chi connectivity index (χ3v) is 4.64. The molecular formula is C21H30IN5O2. The van der Waals surface area contributed by atoms with Gasteiger partial charge in [-0.15, -0.1) is 24.0 Å². The molecule has 0 spiro atoms. The van der Waals surface area contributed by atoms with Gasteiger partial charge in [0.1, 0.15) is 18.5 Å². The summed E-state index contributed by atoms with van der Waals surface area (Å²) in [5, 5.41) is 6.60. The number of fused-ring (bicyclic) bond motifs is 1. The number of nitrogens with one attached hydrogen (secondary N) is 2. The molecule has 29 heavy (non-hydrogen) atoms. The highest BCUT2D eigenvalue weighted by atomic mass is 127. The standard InChI is InChI=1S/C21H29N5O2.HI/c1-4-26(5-2)20-11-10-16(12-23-20)13-24-21(22-3)25-14-17-15-27-18-8-6-7-9-19(18)28-17;/h6-12,17H,4-5,13-15H2,1-3H3,(H2,22,24,25);1H. The number of anilines is 1. The average Bonchev–Trinajstić information content (AvgIpc) is 2.75. The minimum Gasteiger partial charge on any atom is -0.486 e. The molecule has 1 aromatic heterocycles. The van der Waals surface area contributed by atoms with Crippen molar-refractivity contribution in [2.75, 3.05) is 38.2 Å². The molecule has 1 aliphatic rings.